The second-order valence-electron chi connectivity index (χ2n) is 6.07. The number of nitrogens with one attached hydrogen (secondary N) is 1. The average Bonchev–Trinajstić information content (AvgIpc) is 3.38. The summed E-state index contributed by atoms with van der Waals surface area (Å²) in [5, 5.41) is 15.1. The van der Waals surface area contributed by atoms with Gasteiger partial charge in [-0.1, -0.05) is 29.3 Å². The lowest BCUT2D eigenvalue weighted by Crippen LogP contribution is -2.38. The maximum atomic E-state index is 12.5. The molecule has 1 N–H and O–H groups in total. The number of thiophene rings is 1. The van der Waals surface area contributed by atoms with Gasteiger partial charge in [0.25, 0.3) is 0 Å². The van der Waals surface area contributed by atoms with Crippen molar-refractivity contribution in [3.05, 3.63) is 51.0 Å². The number of likely N-dealkylation sites (N-methyl/N-ethyl adjacent to an activating group) is 1. The highest BCUT2D eigenvalue weighted by Gasteiger charge is 2.18. The van der Waals surface area contributed by atoms with Gasteiger partial charge in [0.1, 0.15) is 0 Å². The van der Waals surface area contributed by atoms with Crippen molar-refractivity contribution < 1.29 is 14.0 Å². The van der Waals surface area contributed by atoms with Gasteiger partial charge in [-0.15, -0.1) is 10.2 Å². The summed E-state index contributed by atoms with van der Waals surface area (Å²) in [6.07, 6.45) is 0.448. The Kier molecular flexibility index (Phi) is 7.24. The molecule has 10 heteroatoms. The van der Waals surface area contributed by atoms with E-state index in [1.165, 1.54) is 16.2 Å². The zero-order valence-corrected chi connectivity index (χ0v) is 17.9. The van der Waals surface area contributed by atoms with E-state index in [2.05, 4.69) is 15.5 Å². The van der Waals surface area contributed by atoms with Crippen molar-refractivity contribution in [2.24, 2.45) is 0 Å². The number of carbonyl (C=O) groups excluding carboxylic acids is 2. The minimum absolute atomic E-state index is 0.110. The fourth-order valence-electron chi connectivity index (χ4n) is 2.58. The van der Waals surface area contributed by atoms with Gasteiger partial charge < -0.3 is 14.6 Å². The molecule has 0 unspecified atom stereocenters. The van der Waals surface area contributed by atoms with Crippen LogP contribution in [0.2, 0.25) is 10.0 Å². The number of halogens is 2. The van der Waals surface area contributed by atoms with Crippen molar-refractivity contribution >= 4 is 52.0 Å². The number of benzene rings is 1. The number of hydrogen-bond donors (Lipinski definition) is 1. The number of hydrogen-bond acceptors (Lipinski definition) is 6. The van der Waals surface area contributed by atoms with Crippen LogP contribution in [0.15, 0.2) is 39.4 Å². The lowest BCUT2D eigenvalue weighted by atomic mass is 10.2. The minimum atomic E-state index is -0.382. The molecule has 0 saturated heterocycles. The zero-order chi connectivity index (χ0) is 20.8. The van der Waals surface area contributed by atoms with E-state index < -0.39 is 0 Å². The van der Waals surface area contributed by atoms with Crippen LogP contribution in [0.4, 0.5) is 5.69 Å². The van der Waals surface area contributed by atoms with Crippen molar-refractivity contribution in [1.29, 1.82) is 0 Å². The Bertz CT molecular complexity index is 971. The molecular formula is C19H18Cl2N4O3S. The van der Waals surface area contributed by atoms with Crippen LogP contribution in [0.5, 0.6) is 0 Å². The largest absolute Gasteiger partial charge is 0.421 e. The van der Waals surface area contributed by atoms with Gasteiger partial charge >= 0.3 is 0 Å². The van der Waals surface area contributed by atoms with Gasteiger partial charge in [-0.2, -0.15) is 11.3 Å². The number of aromatic nitrogens is 2. The van der Waals surface area contributed by atoms with Gasteiger partial charge in [-0.05, 0) is 30.5 Å². The highest BCUT2D eigenvalue weighted by molar-refractivity contribution is 7.08. The molecule has 0 aliphatic rings. The molecular weight excluding hydrogens is 435 g/mol. The molecule has 3 aromatic rings. The van der Waals surface area contributed by atoms with Crippen LogP contribution in [0, 0.1) is 0 Å². The molecule has 0 radical (unpaired) electrons. The molecule has 0 fully saturated rings. The fraction of sp³-hybridized carbons (Fsp3) is 0.263. The van der Waals surface area contributed by atoms with Gasteiger partial charge in [-0.3, -0.25) is 9.59 Å². The number of nitrogens with zero attached hydrogens (tertiary/aromatic N) is 3. The SMILES string of the molecule is CCN(CC(=O)Nc1c(Cl)cccc1Cl)C(=O)CCc1nnc(-c2ccsc2)o1. The predicted octanol–water partition coefficient (Wildman–Crippen LogP) is 4.52. The van der Waals surface area contributed by atoms with Crippen molar-refractivity contribution in [2.45, 2.75) is 19.8 Å². The van der Waals surface area contributed by atoms with Crippen molar-refractivity contribution in [3.8, 4) is 11.5 Å². The monoisotopic (exact) mass is 452 g/mol. The minimum Gasteiger partial charge on any atom is -0.421 e. The number of aryl methyl sites for hydroxylation is 1. The maximum Gasteiger partial charge on any atom is 0.248 e. The molecule has 0 atom stereocenters. The standard InChI is InChI=1S/C19H18Cl2N4O3S/c1-2-25(10-15(26)22-18-13(20)4-3-5-14(18)21)17(27)7-6-16-23-24-19(28-16)12-8-9-29-11-12/h3-5,8-9,11H,2,6-7,10H2,1H3,(H,22,26). The van der Waals surface area contributed by atoms with E-state index in [1.54, 1.807) is 25.1 Å². The third-order valence-corrected chi connectivity index (χ3v) is 5.40. The molecule has 152 valence electrons. The molecule has 0 bridgehead atoms. The van der Waals surface area contributed by atoms with E-state index in [-0.39, 0.29) is 24.8 Å². The summed E-state index contributed by atoms with van der Waals surface area (Å²) in [6, 6.07) is 6.82. The predicted molar refractivity (Wildman–Crippen MR) is 113 cm³/mol. The first-order valence-electron chi connectivity index (χ1n) is 8.84. The first-order chi connectivity index (χ1) is 14.0. The van der Waals surface area contributed by atoms with Crippen LogP contribution in [-0.2, 0) is 16.0 Å². The molecule has 0 aliphatic heterocycles. The van der Waals surface area contributed by atoms with Gasteiger partial charge in [-0.25, -0.2) is 0 Å². The van der Waals surface area contributed by atoms with Crippen LogP contribution in [-0.4, -0.2) is 40.0 Å². The Morgan fingerprint density at radius 2 is 1.97 bits per heavy atom. The summed E-state index contributed by atoms with van der Waals surface area (Å²) in [4.78, 5) is 26.3. The van der Waals surface area contributed by atoms with E-state index in [4.69, 9.17) is 27.6 Å². The molecule has 1 aromatic carbocycles. The number of para-hydroxylation sites is 1. The lowest BCUT2D eigenvalue weighted by molar-refractivity contribution is -0.134. The quantitative estimate of drug-likeness (QED) is 0.542. The summed E-state index contributed by atoms with van der Waals surface area (Å²) in [5.74, 6) is 0.232. The topological polar surface area (TPSA) is 88.3 Å². The van der Waals surface area contributed by atoms with Crippen molar-refractivity contribution in [1.82, 2.24) is 15.1 Å². The van der Waals surface area contributed by atoms with Gasteiger partial charge in [0.2, 0.25) is 23.6 Å². The normalized spacial score (nSPS) is 10.7. The van der Waals surface area contributed by atoms with E-state index in [0.717, 1.165) is 5.56 Å². The third-order valence-electron chi connectivity index (χ3n) is 4.08. The van der Waals surface area contributed by atoms with Crippen LogP contribution < -0.4 is 5.32 Å². The number of carbonyl (C=O) groups is 2. The third kappa shape index (κ3) is 5.56. The van der Waals surface area contributed by atoms with Crippen LogP contribution in [0.3, 0.4) is 0 Å². The zero-order valence-electron chi connectivity index (χ0n) is 15.5. The molecule has 0 aliphatic carbocycles. The van der Waals surface area contributed by atoms with E-state index in [0.29, 0.717) is 40.5 Å². The number of anilines is 1. The van der Waals surface area contributed by atoms with Crippen molar-refractivity contribution in [2.75, 3.05) is 18.4 Å². The summed E-state index contributed by atoms with van der Waals surface area (Å²) in [7, 11) is 0. The Labute approximate surface area is 181 Å². The smallest absolute Gasteiger partial charge is 0.248 e. The molecule has 0 saturated carbocycles. The lowest BCUT2D eigenvalue weighted by Gasteiger charge is -2.20. The molecule has 29 heavy (non-hydrogen) atoms. The van der Waals surface area contributed by atoms with Gasteiger partial charge in [0.15, 0.2) is 0 Å². The van der Waals surface area contributed by atoms with E-state index >= 15 is 0 Å². The van der Waals surface area contributed by atoms with E-state index in [9.17, 15) is 9.59 Å². The summed E-state index contributed by atoms with van der Waals surface area (Å²) in [6.45, 7) is 2.07. The maximum absolute atomic E-state index is 12.5. The molecule has 2 amide bonds. The average molecular weight is 453 g/mol. The van der Waals surface area contributed by atoms with Crippen molar-refractivity contribution in [3.63, 3.8) is 0 Å². The summed E-state index contributed by atoms with van der Waals surface area (Å²) >= 11 is 13.7. The Morgan fingerprint density at radius 3 is 2.62 bits per heavy atom. The number of rotatable bonds is 8. The molecule has 2 aromatic heterocycles. The Balaban J connectivity index is 1.54. The Morgan fingerprint density at radius 1 is 1.21 bits per heavy atom. The first kappa shape index (κ1) is 21.3. The highest BCUT2D eigenvalue weighted by atomic mass is 35.5. The van der Waals surface area contributed by atoms with Gasteiger partial charge in [0.05, 0.1) is 22.3 Å². The second kappa shape index (κ2) is 9.87. The fourth-order valence-corrected chi connectivity index (χ4v) is 3.70. The molecule has 3 rings (SSSR count). The highest BCUT2D eigenvalue weighted by Crippen LogP contribution is 2.29. The Hall–Kier alpha value is -2.42. The summed E-state index contributed by atoms with van der Waals surface area (Å²) in [5.41, 5.74) is 1.18. The molecule has 7 nitrogen and oxygen atoms in total. The first-order valence-corrected chi connectivity index (χ1v) is 10.5. The second-order valence-corrected chi connectivity index (χ2v) is 7.66. The van der Waals surface area contributed by atoms with Crippen LogP contribution in [0.25, 0.3) is 11.5 Å². The van der Waals surface area contributed by atoms with Crippen LogP contribution >= 0.6 is 34.5 Å². The number of amides is 2. The van der Waals surface area contributed by atoms with E-state index in [1.807, 2.05) is 16.8 Å². The summed E-state index contributed by atoms with van der Waals surface area (Å²) < 4.78 is 5.58. The van der Waals surface area contributed by atoms with Gasteiger partial charge in [0, 0.05) is 30.3 Å². The molecule has 0 spiro atoms. The molecule has 2 heterocycles. The van der Waals surface area contributed by atoms with Crippen LogP contribution in [0.1, 0.15) is 19.2 Å².